The summed E-state index contributed by atoms with van der Waals surface area (Å²) in [4.78, 5) is 0. The topological polar surface area (TPSA) is 9.23 Å². The van der Waals surface area contributed by atoms with Gasteiger partial charge in [0.2, 0.25) is 0 Å². The van der Waals surface area contributed by atoms with Crippen LogP contribution in [0.15, 0.2) is 54.8 Å². The Labute approximate surface area is 85.7 Å². The molecule has 0 aliphatic carbocycles. The molecule has 0 N–H and O–H groups in total. The number of ether oxygens (including phenoxy) is 1. The van der Waals surface area contributed by atoms with Crippen molar-refractivity contribution in [3.05, 3.63) is 60.4 Å². The molecule has 0 saturated heterocycles. The Balaban J connectivity index is 2.77. The van der Waals surface area contributed by atoms with Gasteiger partial charge in [-0.2, -0.15) is 0 Å². The molecule has 0 aliphatic rings. The van der Waals surface area contributed by atoms with Crippen molar-refractivity contribution < 1.29 is 4.74 Å². The molecule has 0 spiro atoms. The third kappa shape index (κ3) is 3.09. The largest absolute Gasteiger partial charge is 0.490 e. The summed E-state index contributed by atoms with van der Waals surface area (Å²) in [6.45, 7) is 3.94. The summed E-state index contributed by atoms with van der Waals surface area (Å²) >= 11 is 0. The van der Waals surface area contributed by atoms with E-state index < -0.39 is 0 Å². The lowest BCUT2D eigenvalue weighted by Crippen LogP contribution is -1.96. The predicted octanol–water partition coefficient (Wildman–Crippen LogP) is 3.85. The molecular formula is C13H16O. The zero-order valence-electron chi connectivity index (χ0n) is 8.68. The van der Waals surface area contributed by atoms with Crippen LogP contribution in [0.25, 0.3) is 0 Å². The van der Waals surface area contributed by atoms with Crippen molar-refractivity contribution in [3.8, 4) is 0 Å². The molecule has 0 fully saturated rings. The standard InChI is InChI=1S/C13H16O/c1-3-8-13(14-11-4-2)12-9-6-5-7-10-12/h3-11,13H,1-2H3/b8-3+,11-4+. The van der Waals surface area contributed by atoms with Crippen LogP contribution in [0.5, 0.6) is 0 Å². The zero-order chi connectivity index (χ0) is 10.2. The minimum Gasteiger partial charge on any atom is -0.490 e. The molecule has 1 unspecified atom stereocenters. The molecule has 0 amide bonds. The molecule has 1 aromatic rings. The van der Waals surface area contributed by atoms with E-state index >= 15 is 0 Å². The van der Waals surface area contributed by atoms with Crippen LogP contribution < -0.4 is 0 Å². The molecule has 0 aliphatic heterocycles. The second-order valence-corrected chi connectivity index (χ2v) is 2.96. The Morgan fingerprint density at radius 3 is 2.36 bits per heavy atom. The van der Waals surface area contributed by atoms with Gasteiger partial charge in [0.25, 0.3) is 0 Å². The molecule has 0 radical (unpaired) electrons. The quantitative estimate of drug-likeness (QED) is 0.515. The van der Waals surface area contributed by atoms with Crippen LogP contribution in [0.1, 0.15) is 25.5 Å². The van der Waals surface area contributed by atoms with Gasteiger partial charge in [-0.15, -0.1) is 0 Å². The summed E-state index contributed by atoms with van der Waals surface area (Å²) in [5.41, 5.74) is 1.17. The van der Waals surface area contributed by atoms with E-state index in [1.54, 1.807) is 6.26 Å². The maximum Gasteiger partial charge on any atom is 0.141 e. The van der Waals surface area contributed by atoms with E-state index in [4.69, 9.17) is 4.74 Å². The van der Waals surface area contributed by atoms with Crippen molar-refractivity contribution in [2.24, 2.45) is 0 Å². The maximum absolute atomic E-state index is 5.55. The smallest absolute Gasteiger partial charge is 0.141 e. The van der Waals surface area contributed by atoms with Crippen molar-refractivity contribution in [2.75, 3.05) is 0 Å². The molecule has 1 aromatic carbocycles. The third-order valence-electron chi connectivity index (χ3n) is 1.86. The van der Waals surface area contributed by atoms with Crippen molar-refractivity contribution in [3.63, 3.8) is 0 Å². The van der Waals surface area contributed by atoms with Gasteiger partial charge >= 0.3 is 0 Å². The molecule has 0 bridgehead atoms. The number of hydrogen-bond acceptors (Lipinski definition) is 1. The summed E-state index contributed by atoms with van der Waals surface area (Å²) in [5.74, 6) is 0. The van der Waals surface area contributed by atoms with Gasteiger partial charge in [-0.05, 0) is 25.5 Å². The van der Waals surface area contributed by atoms with Gasteiger partial charge in [-0.25, -0.2) is 0 Å². The summed E-state index contributed by atoms with van der Waals surface area (Å²) in [6.07, 6.45) is 7.67. The van der Waals surface area contributed by atoms with Crippen molar-refractivity contribution in [2.45, 2.75) is 20.0 Å². The first-order valence-corrected chi connectivity index (χ1v) is 4.83. The SMILES string of the molecule is C/C=C/OC(/C=C/C)c1ccccc1. The molecule has 1 atom stereocenters. The molecule has 74 valence electrons. The van der Waals surface area contributed by atoms with Crippen LogP contribution in [0, 0.1) is 0 Å². The van der Waals surface area contributed by atoms with Crippen molar-refractivity contribution in [1.82, 2.24) is 0 Å². The van der Waals surface area contributed by atoms with Crippen LogP contribution in [0.2, 0.25) is 0 Å². The fraction of sp³-hybridized carbons (Fsp3) is 0.231. The number of benzene rings is 1. The van der Waals surface area contributed by atoms with E-state index in [1.165, 1.54) is 5.56 Å². The summed E-state index contributed by atoms with van der Waals surface area (Å²) < 4.78 is 5.55. The van der Waals surface area contributed by atoms with Crippen LogP contribution in [0.4, 0.5) is 0 Å². The van der Waals surface area contributed by atoms with Gasteiger partial charge in [-0.3, -0.25) is 0 Å². The lowest BCUT2D eigenvalue weighted by Gasteiger charge is -2.12. The fourth-order valence-corrected chi connectivity index (χ4v) is 1.22. The van der Waals surface area contributed by atoms with Crippen molar-refractivity contribution in [1.29, 1.82) is 0 Å². The minimum atomic E-state index is 0.0254. The maximum atomic E-state index is 5.55. The van der Waals surface area contributed by atoms with Crippen molar-refractivity contribution >= 4 is 0 Å². The summed E-state index contributed by atoms with van der Waals surface area (Å²) in [5, 5.41) is 0. The molecule has 1 rings (SSSR count). The van der Waals surface area contributed by atoms with Gasteiger partial charge in [-0.1, -0.05) is 42.5 Å². The van der Waals surface area contributed by atoms with E-state index in [2.05, 4.69) is 12.1 Å². The Morgan fingerprint density at radius 1 is 1.07 bits per heavy atom. The zero-order valence-corrected chi connectivity index (χ0v) is 8.68. The Morgan fingerprint density at radius 2 is 1.79 bits per heavy atom. The second kappa shape index (κ2) is 6.03. The second-order valence-electron chi connectivity index (χ2n) is 2.96. The first-order chi connectivity index (χ1) is 6.88. The highest BCUT2D eigenvalue weighted by molar-refractivity contribution is 5.21. The van der Waals surface area contributed by atoms with Gasteiger partial charge in [0.15, 0.2) is 0 Å². The highest BCUT2D eigenvalue weighted by Gasteiger charge is 2.04. The normalized spacial score (nSPS) is 13.6. The molecular weight excluding hydrogens is 172 g/mol. The van der Waals surface area contributed by atoms with E-state index in [0.717, 1.165) is 0 Å². The predicted molar refractivity (Wildman–Crippen MR) is 59.9 cm³/mol. The Bertz CT molecular complexity index is 298. The molecule has 1 nitrogen and oxygen atoms in total. The van der Waals surface area contributed by atoms with Gasteiger partial charge in [0.05, 0.1) is 6.26 Å². The van der Waals surface area contributed by atoms with E-state index in [1.807, 2.05) is 50.3 Å². The monoisotopic (exact) mass is 188 g/mol. The molecule has 0 heterocycles. The van der Waals surface area contributed by atoms with Crippen LogP contribution >= 0.6 is 0 Å². The summed E-state index contributed by atoms with van der Waals surface area (Å²) in [7, 11) is 0. The van der Waals surface area contributed by atoms with Crippen LogP contribution in [-0.2, 0) is 4.74 Å². The lowest BCUT2D eigenvalue weighted by molar-refractivity contribution is 0.189. The van der Waals surface area contributed by atoms with Gasteiger partial charge in [0.1, 0.15) is 6.10 Å². The molecule has 0 saturated carbocycles. The average Bonchev–Trinajstić information content (AvgIpc) is 2.25. The minimum absolute atomic E-state index is 0.0254. The number of hydrogen-bond donors (Lipinski definition) is 0. The first-order valence-electron chi connectivity index (χ1n) is 4.83. The van der Waals surface area contributed by atoms with Gasteiger partial charge in [0, 0.05) is 0 Å². The van der Waals surface area contributed by atoms with E-state index in [9.17, 15) is 0 Å². The number of rotatable bonds is 4. The van der Waals surface area contributed by atoms with E-state index in [-0.39, 0.29) is 6.10 Å². The Hall–Kier alpha value is -1.50. The molecule has 0 aromatic heterocycles. The third-order valence-corrected chi connectivity index (χ3v) is 1.86. The van der Waals surface area contributed by atoms with Crippen LogP contribution in [-0.4, -0.2) is 0 Å². The molecule has 1 heteroatoms. The van der Waals surface area contributed by atoms with Crippen LogP contribution in [0.3, 0.4) is 0 Å². The fourth-order valence-electron chi connectivity index (χ4n) is 1.22. The molecule has 14 heavy (non-hydrogen) atoms. The summed E-state index contributed by atoms with van der Waals surface area (Å²) in [6, 6.07) is 10.2. The highest BCUT2D eigenvalue weighted by Crippen LogP contribution is 2.18. The average molecular weight is 188 g/mol. The lowest BCUT2D eigenvalue weighted by atomic mass is 10.1. The highest BCUT2D eigenvalue weighted by atomic mass is 16.5. The Kier molecular flexibility index (Phi) is 4.56. The number of allylic oxidation sites excluding steroid dienone is 2. The van der Waals surface area contributed by atoms with E-state index in [0.29, 0.717) is 0 Å². The van der Waals surface area contributed by atoms with Gasteiger partial charge < -0.3 is 4.74 Å². The first kappa shape index (κ1) is 10.6.